The number of alkyl halides is 5. The molecule has 48 heteroatoms. The maximum atomic E-state index is 14.6. The van der Waals surface area contributed by atoms with E-state index < -0.39 is 96.5 Å². The van der Waals surface area contributed by atoms with E-state index in [2.05, 4.69) is 62.3 Å². The normalized spacial score (nSPS) is 19.8. The van der Waals surface area contributed by atoms with E-state index in [1.165, 1.54) is 46.3 Å². The van der Waals surface area contributed by atoms with E-state index >= 15 is 0 Å². The molecule has 722 valence electrons. The molecule has 0 radical (unpaired) electrons. The summed E-state index contributed by atoms with van der Waals surface area (Å²) in [6, 6.07) is 6.94. The van der Waals surface area contributed by atoms with Gasteiger partial charge in [0.25, 0.3) is 5.56 Å². The molecule has 2 unspecified atom stereocenters. The molecule has 9 rings (SSSR count). The molecule has 8 heterocycles. The highest BCUT2D eigenvalue weighted by atomic mass is 35.5. The van der Waals surface area contributed by atoms with Gasteiger partial charge in [-0.2, -0.15) is 27.1 Å². The summed E-state index contributed by atoms with van der Waals surface area (Å²) in [6.45, 7) is 2.59. The quantitative estimate of drug-likeness (QED) is 0.0194. The number of rotatable bonds is 60. The van der Waals surface area contributed by atoms with Crippen LogP contribution in [0.5, 0.6) is 0 Å². The maximum absolute atomic E-state index is 14.6. The van der Waals surface area contributed by atoms with Crippen molar-refractivity contribution in [1.82, 2.24) is 70.5 Å². The molecule has 5 amide bonds. The number of unbranched alkanes of at least 4 members (excludes halogenated alkanes) is 1. The highest BCUT2D eigenvalue weighted by molar-refractivity contribution is 6.31. The highest BCUT2D eigenvalue weighted by Gasteiger charge is 2.40. The fraction of sp³-hybridized carbons (Fsp3) is 0.646. The molecule has 3 aliphatic heterocycles. The van der Waals surface area contributed by atoms with Gasteiger partial charge in [0.2, 0.25) is 29.5 Å². The minimum Gasteiger partial charge on any atom is -0.390 e. The maximum Gasteiger partial charge on any atom is 0.434 e. The number of hydrogen-bond acceptors (Lipinski definition) is 33. The Bertz CT molecular complexity index is 4430. The second kappa shape index (κ2) is 57.7. The fourth-order valence-corrected chi connectivity index (χ4v) is 13.9. The average molecular weight is 1890 g/mol. The number of pyridine rings is 1. The van der Waals surface area contributed by atoms with Gasteiger partial charge in [0.05, 0.1) is 249 Å². The van der Waals surface area contributed by atoms with Crippen LogP contribution in [0.25, 0.3) is 28.2 Å². The van der Waals surface area contributed by atoms with Crippen LogP contribution in [0.2, 0.25) is 10.2 Å². The Balaban J connectivity index is 0.622. The lowest BCUT2D eigenvalue weighted by molar-refractivity contribution is -0.161. The average Bonchev–Trinajstić information content (AvgIpc) is 1.41. The number of hydrogen-bond donors (Lipinski definition) is 10. The van der Waals surface area contributed by atoms with Crippen molar-refractivity contribution in [3.63, 3.8) is 0 Å². The molecule has 41 nitrogen and oxygen atoms in total. The smallest absolute Gasteiger partial charge is 0.390 e. The molecule has 2 fully saturated rings. The van der Waals surface area contributed by atoms with E-state index in [0.29, 0.717) is 98.0 Å². The zero-order chi connectivity index (χ0) is 92.8. The second-order valence-corrected chi connectivity index (χ2v) is 30.9. The molecule has 5 aromatic heterocycles. The first-order chi connectivity index (χ1) is 62.9. The van der Waals surface area contributed by atoms with Crippen LogP contribution in [0.1, 0.15) is 82.3 Å². The first-order valence-electron chi connectivity index (χ1n) is 42.7. The minimum absolute atomic E-state index is 0.00366. The first-order valence-corrected chi connectivity index (χ1v) is 43.5. The molecule has 0 aliphatic carbocycles. The van der Waals surface area contributed by atoms with Gasteiger partial charge in [0.1, 0.15) is 49.6 Å². The van der Waals surface area contributed by atoms with Crippen molar-refractivity contribution in [2.24, 2.45) is 11.8 Å². The van der Waals surface area contributed by atoms with Crippen molar-refractivity contribution in [2.45, 2.75) is 126 Å². The van der Waals surface area contributed by atoms with Crippen LogP contribution in [0.15, 0.2) is 78.5 Å². The Kier molecular flexibility index (Phi) is 46.6. The van der Waals surface area contributed by atoms with Gasteiger partial charge >= 0.3 is 12.7 Å². The van der Waals surface area contributed by atoms with Gasteiger partial charge in [-0.3, -0.25) is 43.3 Å². The Morgan fingerprint density at radius 3 is 1.82 bits per heavy atom. The number of ether oxygens (including phenoxy) is 15. The van der Waals surface area contributed by atoms with Crippen molar-refractivity contribution in [3.8, 4) is 28.2 Å². The van der Waals surface area contributed by atoms with Crippen LogP contribution in [0, 0.1) is 11.8 Å². The summed E-state index contributed by atoms with van der Waals surface area (Å²) in [5, 5.41) is 69.8. The number of nitrogens with one attached hydrogen (secondary N) is 6. The molecule has 3 aliphatic rings. The molecule has 0 spiro atoms. The van der Waals surface area contributed by atoms with Crippen LogP contribution >= 0.6 is 23.2 Å². The molecular formula is C82H115Cl2F5N16O25. The second-order valence-electron chi connectivity index (χ2n) is 30.0. The summed E-state index contributed by atoms with van der Waals surface area (Å²) in [6.07, 6.45) is -1.14. The number of carbonyl (C=O) groups is 5. The molecule has 1 aromatic carbocycles. The molecule has 2 bridgehead atoms. The molecule has 10 N–H and O–H groups in total. The van der Waals surface area contributed by atoms with E-state index in [0.717, 1.165) is 6.20 Å². The number of fused-ring (bicyclic) bond motifs is 4. The molecule has 6 aromatic rings. The number of halogens is 7. The van der Waals surface area contributed by atoms with E-state index in [9.17, 15) is 71.1 Å². The third-order valence-electron chi connectivity index (χ3n) is 20.5. The lowest BCUT2D eigenvalue weighted by Crippen LogP contribution is -2.57. The first kappa shape index (κ1) is 105. The summed E-state index contributed by atoms with van der Waals surface area (Å²) in [4.78, 5) is 96.0. The topological polar surface area (TPSA) is 499 Å². The number of aliphatic hydroxyl groups is 4. The van der Waals surface area contributed by atoms with Crippen molar-refractivity contribution >= 4 is 64.2 Å². The highest BCUT2D eigenvalue weighted by Crippen LogP contribution is 2.38. The van der Waals surface area contributed by atoms with Gasteiger partial charge in [0, 0.05) is 73.4 Å². The summed E-state index contributed by atoms with van der Waals surface area (Å²) in [7, 11) is 0. The van der Waals surface area contributed by atoms with Crippen LogP contribution < -0.4 is 37.5 Å². The number of aromatic nitrogens is 10. The monoisotopic (exact) mass is 1890 g/mol. The molecule has 2 saturated heterocycles. The van der Waals surface area contributed by atoms with Crippen molar-refractivity contribution < 1.29 is 137 Å². The summed E-state index contributed by atoms with van der Waals surface area (Å²) < 4.78 is 155. The number of aliphatic hydroxyl groups excluding tert-OH is 4. The lowest BCUT2D eigenvalue weighted by atomic mass is 9.83. The Hall–Kier alpha value is -8.70. The third-order valence-corrected chi connectivity index (χ3v) is 20.9. The zero-order valence-corrected chi connectivity index (χ0v) is 73.4. The van der Waals surface area contributed by atoms with Gasteiger partial charge in [-0.05, 0) is 68.4 Å². The van der Waals surface area contributed by atoms with Gasteiger partial charge in [-0.25, -0.2) is 19.3 Å². The van der Waals surface area contributed by atoms with Gasteiger partial charge in [-0.15, -0.1) is 5.10 Å². The van der Waals surface area contributed by atoms with Crippen molar-refractivity contribution in [2.75, 3.05) is 215 Å². The van der Waals surface area contributed by atoms with Gasteiger partial charge < -0.3 is 123 Å². The SMILES string of the molecule is C[C@H]1C(=O)Nc2cnn(C(F)F)c2-c2ccnc(c2)[C@@H](n2cnc(-c3cc(Cl)ccc3-n3cc(Cl)nn3)cc2=O)CCC1CCCCNC(=O)COCCOCCOCC(=O)NC(COCCC(=O)NCCOCCOCCOCCOC[C@H]1OC[C@H](Nc2cncc(C(F)(F)F)n2)[C@@H](O)[C@H]1O)COCCC(=O)NCCOCCOCCOCCOC[C@H]1OCC[C@@H](O)[C@H]1O. The standard InChI is InChI=1S/C82H115Cl2F5N16O25/c1-53-54(5-7-64(60-38-55(9-14-91-60)76-61(99-80(53)115)41-96-105(76)81(85)86)103-52-95-59(40-75(103)111)58-39-56(83)6-8-63(58)104-44-69(84)101-102-104)4-2-3-13-92-73(109)50-127-36-32-122-33-37-128-51-74(110)97-57(45-123-17-11-71(107)93-15-20-116-22-24-118-26-28-120-30-34-125-48-66-78(113)65(106)10-19-129-66)46-124-18-12-72(108)94-16-21-117-23-25-119-27-29-121-31-35-126-49-67-79(114)77(112)62(47-130-67)98-70-43-90-42-68(100-70)82(87,88)89/h6,8-9,14,38-44,52-54,57,62,64-67,77-79,81,106,112-114H,2-5,7,10-13,15-37,45-51H2,1H3,(H,92,109)(H,93,107)(H,94,108)(H,97,110)(H,98,100)(H,99,115)/t53-,54?,57?,62+,64+,65-,66-,67-,77-,78-,79+/m1/s1. The van der Waals surface area contributed by atoms with E-state index in [-0.39, 0.29) is 248 Å². The van der Waals surface area contributed by atoms with Gasteiger partial charge in [0.15, 0.2) is 10.8 Å². The number of carbonyl (C=O) groups excluding carboxylic acids is 5. The predicted octanol–water partition coefficient (Wildman–Crippen LogP) is 2.95. The van der Waals surface area contributed by atoms with Crippen LogP contribution in [0.4, 0.5) is 33.5 Å². The third kappa shape index (κ3) is 36.7. The van der Waals surface area contributed by atoms with Crippen LogP contribution in [0.3, 0.4) is 0 Å². The van der Waals surface area contributed by atoms with Crippen molar-refractivity contribution in [3.05, 3.63) is 106 Å². The van der Waals surface area contributed by atoms with Crippen LogP contribution in [-0.2, 0) is 101 Å². The Morgan fingerprint density at radius 2 is 1.22 bits per heavy atom. The zero-order valence-electron chi connectivity index (χ0n) is 71.9. The molecular weight excluding hydrogens is 1770 g/mol. The summed E-state index contributed by atoms with van der Waals surface area (Å²) >= 11 is 12.5. The lowest BCUT2D eigenvalue weighted by Gasteiger charge is -2.38. The minimum atomic E-state index is -4.72. The number of nitrogens with zero attached hydrogens (tertiary/aromatic N) is 10. The van der Waals surface area contributed by atoms with E-state index in [1.54, 1.807) is 31.2 Å². The predicted molar refractivity (Wildman–Crippen MR) is 451 cm³/mol. The largest absolute Gasteiger partial charge is 0.434 e. The summed E-state index contributed by atoms with van der Waals surface area (Å²) in [5.41, 5.74) is 0.188. The number of amides is 5. The summed E-state index contributed by atoms with van der Waals surface area (Å²) in [5.74, 6) is -3.16. The number of benzene rings is 1. The molecule has 11 atom stereocenters. The van der Waals surface area contributed by atoms with E-state index in [4.69, 9.17) is 99.2 Å². The molecule has 130 heavy (non-hydrogen) atoms. The van der Waals surface area contributed by atoms with Crippen molar-refractivity contribution in [1.29, 1.82) is 0 Å². The Labute approximate surface area is 755 Å². The number of anilines is 2. The van der Waals surface area contributed by atoms with Gasteiger partial charge in [-0.1, -0.05) is 41.8 Å². The fourth-order valence-electron chi connectivity index (χ4n) is 13.6. The van der Waals surface area contributed by atoms with Crippen LogP contribution in [-0.4, -0.2) is 353 Å². The van der Waals surface area contributed by atoms with E-state index in [1.807, 2.05) is 0 Å². The Morgan fingerprint density at radius 1 is 0.631 bits per heavy atom. The molecule has 0 saturated carbocycles.